The summed E-state index contributed by atoms with van der Waals surface area (Å²) in [5.41, 5.74) is 0.245. The lowest BCUT2D eigenvalue weighted by Crippen LogP contribution is -2.14. The molecule has 0 unspecified atom stereocenters. The molecule has 2 aromatic carbocycles. The zero-order valence-corrected chi connectivity index (χ0v) is 18.1. The predicted octanol–water partition coefficient (Wildman–Crippen LogP) is 4.79. The largest absolute Gasteiger partial charge is 0.506 e. The number of aromatic nitrogens is 3. The molecule has 0 bridgehead atoms. The summed E-state index contributed by atoms with van der Waals surface area (Å²) in [6, 6.07) is 9.35. The SMILES string of the molecule is Cn1c(COc2ccc(Cl)cc2Cl)nnc1SCC(=O)Nc1cc(Cl)ccc1O. The molecular weight excluding hydrogens is 459 g/mol. The zero-order valence-electron chi connectivity index (χ0n) is 15.0. The summed E-state index contributed by atoms with van der Waals surface area (Å²) in [5.74, 6) is 0.732. The van der Waals surface area contributed by atoms with Gasteiger partial charge in [0.15, 0.2) is 11.0 Å². The minimum atomic E-state index is -0.318. The van der Waals surface area contributed by atoms with E-state index in [2.05, 4.69) is 15.5 Å². The number of nitrogens with zero attached hydrogens (tertiary/aromatic N) is 3. The average molecular weight is 474 g/mol. The molecule has 3 aromatic rings. The van der Waals surface area contributed by atoms with Gasteiger partial charge in [-0.25, -0.2) is 0 Å². The first-order chi connectivity index (χ1) is 13.8. The highest BCUT2D eigenvalue weighted by molar-refractivity contribution is 7.99. The van der Waals surface area contributed by atoms with Crippen LogP contribution in [-0.4, -0.2) is 31.5 Å². The second-order valence-electron chi connectivity index (χ2n) is 5.82. The molecule has 1 amide bonds. The average Bonchev–Trinajstić information content (AvgIpc) is 3.02. The minimum Gasteiger partial charge on any atom is -0.506 e. The van der Waals surface area contributed by atoms with Crippen molar-refractivity contribution in [1.82, 2.24) is 14.8 Å². The number of amides is 1. The number of hydrogen-bond acceptors (Lipinski definition) is 6. The highest BCUT2D eigenvalue weighted by Gasteiger charge is 2.14. The van der Waals surface area contributed by atoms with Gasteiger partial charge in [0.25, 0.3) is 0 Å². The van der Waals surface area contributed by atoms with Gasteiger partial charge in [-0.3, -0.25) is 4.79 Å². The van der Waals surface area contributed by atoms with Crippen molar-refractivity contribution in [2.24, 2.45) is 7.05 Å². The van der Waals surface area contributed by atoms with Gasteiger partial charge in [-0.1, -0.05) is 46.6 Å². The van der Waals surface area contributed by atoms with Crippen molar-refractivity contribution in [2.75, 3.05) is 11.1 Å². The smallest absolute Gasteiger partial charge is 0.234 e. The van der Waals surface area contributed by atoms with E-state index in [0.29, 0.717) is 31.8 Å². The number of carbonyl (C=O) groups excluding carboxylic acids is 1. The van der Waals surface area contributed by atoms with E-state index in [-0.39, 0.29) is 29.7 Å². The molecule has 0 fully saturated rings. The molecule has 29 heavy (non-hydrogen) atoms. The lowest BCUT2D eigenvalue weighted by Gasteiger charge is -2.09. The number of phenols is 1. The fraction of sp³-hybridized carbons (Fsp3) is 0.167. The summed E-state index contributed by atoms with van der Waals surface area (Å²) in [7, 11) is 1.77. The number of nitrogens with one attached hydrogen (secondary N) is 1. The van der Waals surface area contributed by atoms with Crippen LogP contribution in [0.15, 0.2) is 41.6 Å². The third-order valence-corrected chi connectivity index (χ3v) is 5.53. The Morgan fingerprint density at radius 1 is 1.17 bits per heavy atom. The molecule has 1 aromatic heterocycles. The van der Waals surface area contributed by atoms with Crippen LogP contribution >= 0.6 is 46.6 Å². The standard InChI is InChI=1S/C18H15Cl3N4O3S/c1-25-16(8-28-15-5-3-10(19)6-12(15)21)23-24-18(25)29-9-17(27)22-13-7-11(20)2-4-14(13)26/h2-7,26H,8-9H2,1H3,(H,22,27). The summed E-state index contributed by atoms with van der Waals surface area (Å²) in [5, 5.41) is 22.4. The van der Waals surface area contributed by atoms with Gasteiger partial charge in [0.1, 0.15) is 18.1 Å². The highest BCUT2D eigenvalue weighted by atomic mass is 35.5. The van der Waals surface area contributed by atoms with E-state index in [1.165, 1.54) is 30.0 Å². The number of thioether (sulfide) groups is 1. The Labute approximate surface area is 185 Å². The Hall–Kier alpha value is -2.13. The molecule has 1 heterocycles. The van der Waals surface area contributed by atoms with Crippen molar-refractivity contribution < 1.29 is 14.6 Å². The molecule has 0 aliphatic carbocycles. The number of hydrogen-bond donors (Lipinski definition) is 2. The number of halogens is 3. The quantitative estimate of drug-likeness (QED) is 0.379. The maximum absolute atomic E-state index is 12.1. The fourth-order valence-electron chi connectivity index (χ4n) is 2.26. The number of benzene rings is 2. The molecule has 11 heteroatoms. The first-order valence-corrected chi connectivity index (χ1v) is 10.3. The molecule has 0 aliphatic rings. The number of rotatable bonds is 7. The van der Waals surface area contributed by atoms with Crippen molar-refractivity contribution in [3.05, 3.63) is 57.3 Å². The lowest BCUT2D eigenvalue weighted by atomic mass is 10.3. The summed E-state index contributed by atoms with van der Waals surface area (Å²) < 4.78 is 7.38. The second-order valence-corrected chi connectivity index (χ2v) is 8.04. The van der Waals surface area contributed by atoms with E-state index < -0.39 is 0 Å². The van der Waals surface area contributed by atoms with E-state index in [0.717, 1.165) is 0 Å². The van der Waals surface area contributed by atoms with E-state index >= 15 is 0 Å². The zero-order chi connectivity index (χ0) is 21.0. The molecule has 0 radical (unpaired) electrons. The Morgan fingerprint density at radius 3 is 2.66 bits per heavy atom. The van der Waals surface area contributed by atoms with Gasteiger partial charge < -0.3 is 19.7 Å². The summed E-state index contributed by atoms with van der Waals surface area (Å²) in [6.45, 7) is 0.147. The van der Waals surface area contributed by atoms with Crippen LogP contribution in [-0.2, 0) is 18.4 Å². The Morgan fingerprint density at radius 2 is 1.90 bits per heavy atom. The van der Waals surface area contributed by atoms with Gasteiger partial charge in [-0.2, -0.15) is 0 Å². The van der Waals surface area contributed by atoms with Gasteiger partial charge in [-0.05, 0) is 36.4 Å². The monoisotopic (exact) mass is 472 g/mol. The molecule has 2 N–H and O–H groups in total. The normalized spacial score (nSPS) is 10.8. The van der Waals surface area contributed by atoms with Crippen molar-refractivity contribution in [2.45, 2.75) is 11.8 Å². The number of carbonyl (C=O) groups is 1. The number of anilines is 1. The first kappa shape index (κ1) is 21.6. The van der Waals surface area contributed by atoms with E-state index in [9.17, 15) is 9.90 Å². The van der Waals surface area contributed by atoms with Crippen LogP contribution in [0.5, 0.6) is 11.5 Å². The molecular formula is C18H15Cl3N4O3S. The molecule has 0 aliphatic heterocycles. The van der Waals surface area contributed by atoms with Crippen LogP contribution in [0.25, 0.3) is 0 Å². The number of aromatic hydroxyl groups is 1. The predicted molar refractivity (Wildman–Crippen MR) is 114 cm³/mol. The van der Waals surface area contributed by atoms with Crippen LogP contribution in [0.4, 0.5) is 5.69 Å². The van der Waals surface area contributed by atoms with Gasteiger partial charge in [0.2, 0.25) is 5.91 Å². The summed E-state index contributed by atoms with van der Waals surface area (Å²) in [4.78, 5) is 12.1. The second kappa shape index (κ2) is 9.58. The molecule has 7 nitrogen and oxygen atoms in total. The number of ether oxygens (including phenoxy) is 1. The van der Waals surface area contributed by atoms with E-state index in [1.807, 2.05) is 0 Å². The van der Waals surface area contributed by atoms with Crippen LogP contribution in [0.2, 0.25) is 15.1 Å². The molecule has 152 valence electrons. The van der Waals surface area contributed by atoms with Crippen LogP contribution < -0.4 is 10.1 Å². The lowest BCUT2D eigenvalue weighted by molar-refractivity contribution is -0.113. The first-order valence-electron chi connectivity index (χ1n) is 8.21. The number of phenolic OH excluding ortho intramolecular Hbond substituents is 1. The van der Waals surface area contributed by atoms with Crippen molar-refractivity contribution in [1.29, 1.82) is 0 Å². The van der Waals surface area contributed by atoms with E-state index in [4.69, 9.17) is 39.5 Å². The molecule has 0 saturated heterocycles. The molecule has 0 atom stereocenters. The maximum atomic E-state index is 12.1. The molecule has 0 saturated carbocycles. The van der Waals surface area contributed by atoms with Crippen LogP contribution in [0.3, 0.4) is 0 Å². The van der Waals surface area contributed by atoms with Crippen LogP contribution in [0, 0.1) is 0 Å². The van der Waals surface area contributed by atoms with Gasteiger partial charge >= 0.3 is 0 Å². The fourth-order valence-corrected chi connectivity index (χ4v) is 3.62. The Bertz CT molecular complexity index is 1050. The van der Waals surface area contributed by atoms with E-state index in [1.54, 1.807) is 29.8 Å². The maximum Gasteiger partial charge on any atom is 0.234 e. The third kappa shape index (κ3) is 5.70. The summed E-state index contributed by atoms with van der Waals surface area (Å²) in [6.07, 6.45) is 0. The third-order valence-electron chi connectivity index (χ3n) is 3.74. The Kier molecular flexibility index (Phi) is 7.13. The molecule has 0 spiro atoms. The topological polar surface area (TPSA) is 89.3 Å². The van der Waals surface area contributed by atoms with Gasteiger partial charge in [0.05, 0.1) is 16.5 Å². The van der Waals surface area contributed by atoms with Gasteiger partial charge in [-0.15, -0.1) is 10.2 Å². The molecule has 3 rings (SSSR count). The minimum absolute atomic E-state index is 0.0632. The summed E-state index contributed by atoms with van der Waals surface area (Å²) >= 11 is 19.0. The van der Waals surface area contributed by atoms with Crippen molar-refractivity contribution in [3.8, 4) is 11.5 Å². The van der Waals surface area contributed by atoms with Crippen LogP contribution in [0.1, 0.15) is 5.82 Å². The highest BCUT2D eigenvalue weighted by Crippen LogP contribution is 2.29. The Balaban J connectivity index is 1.56. The van der Waals surface area contributed by atoms with Crippen molar-refractivity contribution >= 4 is 58.2 Å². The van der Waals surface area contributed by atoms with Gasteiger partial charge in [0, 0.05) is 17.1 Å². The van der Waals surface area contributed by atoms with Crippen molar-refractivity contribution in [3.63, 3.8) is 0 Å².